The van der Waals surface area contributed by atoms with Crippen molar-refractivity contribution in [1.82, 2.24) is 4.98 Å². The van der Waals surface area contributed by atoms with Crippen LogP contribution < -0.4 is 4.74 Å². The normalized spacial score (nSPS) is 12.7. The smallest absolute Gasteiger partial charge is 0.194 e. The Labute approximate surface area is 82.0 Å². The Kier molecular flexibility index (Phi) is 2.33. The maximum atomic E-state index is 9.04. The summed E-state index contributed by atoms with van der Waals surface area (Å²) in [6, 6.07) is 9.34. The summed E-state index contributed by atoms with van der Waals surface area (Å²) in [5.74, 6) is 0.653. The molecule has 1 aromatic heterocycles. The fraction of sp³-hybridized carbons (Fsp3) is 0.182. The second-order valence-corrected chi connectivity index (χ2v) is 3.08. The van der Waals surface area contributed by atoms with Crippen LogP contribution in [0.2, 0.25) is 0 Å². The zero-order chi connectivity index (χ0) is 9.97. The number of nitrogens with zero attached hydrogens (tertiary/aromatic N) is 1. The van der Waals surface area contributed by atoms with Crippen molar-refractivity contribution in [2.45, 2.75) is 13.2 Å². The zero-order valence-corrected chi connectivity index (χ0v) is 7.84. The van der Waals surface area contributed by atoms with Crippen molar-refractivity contribution in [2.75, 3.05) is 0 Å². The van der Waals surface area contributed by atoms with Gasteiger partial charge in [-0.1, -0.05) is 6.07 Å². The summed E-state index contributed by atoms with van der Waals surface area (Å²) in [6.07, 6.45) is 0.960. The van der Waals surface area contributed by atoms with Crippen molar-refractivity contribution >= 4 is 10.9 Å². The number of fused-ring (bicyclic) bond motifs is 1. The molecule has 1 heterocycles. The second-order valence-electron chi connectivity index (χ2n) is 3.08. The van der Waals surface area contributed by atoms with Gasteiger partial charge in [0.2, 0.25) is 0 Å². The number of aliphatic hydroxyl groups is 1. The number of ether oxygens (including phenoxy) is 1. The van der Waals surface area contributed by atoms with Gasteiger partial charge in [-0.2, -0.15) is 0 Å². The van der Waals surface area contributed by atoms with Gasteiger partial charge in [-0.05, 0) is 31.2 Å². The first kappa shape index (κ1) is 8.97. The highest BCUT2D eigenvalue weighted by molar-refractivity contribution is 5.79. The van der Waals surface area contributed by atoms with Crippen molar-refractivity contribution in [2.24, 2.45) is 0 Å². The molecule has 72 valence electrons. The molecule has 14 heavy (non-hydrogen) atoms. The summed E-state index contributed by atoms with van der Waals surface area (Å²) >= 11 is 0. The van der Waals surface area contributed by atoms with Crippen molar-refractivity contribution in [3.63, 3.8) is 0 Å². The molecule has 0 bridgehead atoms. The first-order chi connectivity index (χ1) is 6.75. The molecule has 0 spiro atoms. The molecular formula is C11H11NO2. The van der Waals surface area contributed by atoms with Crippen molar-refractivity contribution in [3.8, 4) is 5.75 Å². The van der Waals surface area contributed by atoms with Gasteiger partial charge in [-0.3, -0.25) is 4.98 Å². The lowest BCUT2D eigenvalue weighted by Gasteiger charge is -2.08. The fourth-order valence-electron chi connectivity index (χ4n) is 1.32. The molecule has 0 saturated heterocycles. The third-order valence-electron chi connectivity index (χ3n) is 1.88. The molecule has 0 aliphatic heterocycles. The minimum Gasteiger partial charge on any atom is -0.465 e. The number of pyridine rings is 1. The van der Waals surface area contributed by atoms with Crippen LogP contribution in [-0.4, -0.2) is 16.4 Å². The van der Waals surface area contributed by atoms with Gasteiger partial charge in [0.05, 0.1) is 5.52 Å². The molecule has 0 fully saturated rings. The van der Waals surface area contributed by atoms with E-state index < -0.39 is 6.29 Å². The van der Waals surface area contributed by atoms with Gasteiger partial charge < -0.3 is 9.84 Å². The molecular weight excluding hydrogens is 178 g/mol. The van der Waals surface area contributed by atoms with E-state index in [9.17, 15) is 0 Å². The lowest BCUT2D eigenvalue weighted by atomic mass is 10.2. The van der Waals surface area contributed by atoms with Crippen LogP contribution in [0.5, 0.6) is 5.75 Å². The monoisotopic (exact) mass is 189 g/mol. The molecule has 3 nitrogen and oxygen atoms in total. The molecule has 2 aromatic rings. The predicted molar refractivity (Wildman–Crippen MR) is 54.1 cm³/mol. The summed E-state index contributed by atoms with van der Waals surface area (Å²) < 4.78 is 5.15. The van der Waals surface area contributed by atoms with Crippen LogP contribution in [0.4, 0.5) is 0 Å². The SMILES string of the molecule is CC(O)Oc1ccc2ncccc2c1. The van der Waals surface area contributed by atoms with E-state index >= 15 is 0 Å². The quantitative estimate of drug-likeness (QED) is 0.734. The Balaban J connectivity index is 2.41. The Hall–Kier alpha value is -1.61. The van der Waals surface area contributed by atoms with Gasteiger partial charge >= 0.3 is 0 Å². The molecule has 0 saturated carbocycles. The van der Waals surface area contributed by atoms with Gasteiger partial charge in [0.15, 0.2) is 6.29 Å². The average Bonchev–Trinajstić information content (AvgIpc) is 2.17. The van der Waals surface area contributed by atoms with E-state index in [4.69, 9.17) is 9.84 Å². The van der Waals surface area contributed by atoms with Crippen LogP contribution in [0.3, 0.4) is 0 Å². The van der Waals surface area contributed by atoms with Crippen molar-refractivity contribution in [1.29, 1.82) is 0 Å². The zero-order valence-electron chi connectivity index (χ0n) is 7.84. The lowest BCUT2D eigenvalue weighted by Crippen LogP contribution is -2.09. The lowest BCUT2D eigenvalue weighted by molar-refractivity contribution is -0.000185. The molecule has 0 radical (unpaired) electrons. The Morgan fingerprint density at radius 1 is 1.36 bits per heavy atom. The molecule has 2 rings (SSSR count). The van der Waals surface area contributed by atoms with Gasteiger partial charge in [0.25, 0.3) is 0 Å². The Morgan fingerprint density at radius 2 is 2.21 bits per heavy atom. The molecule has 3 heteroatoms. The van der Waals surface area contributed by atoms with Crippen LogP contribution in [-0.2, 0) is 0 Å². The van der Waals surface area contributed by atoms with E-state index in [-0.39, 0.29) is 0 Å². The summed E-state index contributed by atoms with van der Waals surface area (Å²) in [7, 11) is 0. The van der Waals surface area contributed by atoms with E-state index in [2.05, 4.69) is 4.98 Å². The van der Waals surface area contributed by atoms with Crippen LogP contribution >= 0.6 is 0 Å². The van der Waals surface area contributed by atoms with Gasteiger partial charge in [0, 0.05) is 11.6 Å². The van der Waals surface area contributed by atoms with E-state index in [0.29, 0.717) is 5.75 Å². The topological polar surface area (TPSA) is 42.4 Å². The highest BCUT2D eigenvalue weighted by Crippen LogP contribution is 2.19. The highest BCUT2D eigenvalue weighted by atomic mass is 16.6. The first-order valence-corrected chi connectivity index (χ1v) is 4.45. The van der Waals surface area contributed by atoms with E-state index in [1.807, 2.05) is 24.3 Å². The third-order valence-corrected chi connectivity index (χ3v) is 1.88. The predicted octanol–water partition coefficient (Wildman–Crippen LogP) is 1.95. The fourth-order valence-corrected chi connectivity index (χ4v) is 1.32. The van der Waals surface area contributed by atoms with Crippen LogP contribution in [0.1, 0.15) is 6.92 Å². The van der Waals surface area contributed by atoms with Gasteiger partial charge in [0.1, 0.15) is 5.75 Å². The van der Waals surface area contributed by atoms with Gasteiger partial charge in [-0.25, -0.2) is 0 Å². The number of benzene rings is 1. The summed E-state index contributed by atoms with van der Waals surface area (Å²) in [5, 5.41) is 10.0. The van der Waals surface area contributed by atoms with Gasteiger partial charge in [-0.15, -0.1) is 0 Å². The number of hydrogen-bond donors (Lipinski definition) is 1. The molecule has 0 aliphatic rings. The number of rotatable bonds is 2. The number of hydrogen-bond acceptors (Lipinski definition) is 3. The van der Waals surface area contributed by atoms with Crippen LogP contribution in [0.25, 0.3) is 10.9 Å². The molecule has 0 aliphatic carbocycles. The third kappa shape index (κ3) is 1.83. The van der Waals surface area contributed by atoms with Crippen molar-refractivity contribution < 1.29 is 9.84 Å². The standard InChI is InChI=1S/C11H11NO2/c1-8(13)14-10-4-5-11-9(7-10)3-2-6-12-11/h2-8,13H,1H3. The molecule has 0 amide bonds. The molecule has 1 atom stereocenters. The summed E-state index contributed by atoms with van der Waals surface area (Å²) in [4.78, 5) is 4.18. The maximum absolute atomic E-state index is 9.04. The van der Waals surface area contributed by atoms with Crippen LogP contribution in [0, 0.1) is 0 Å². The van der Waals surface area contributed by atoms with E-state index in [1.54, 1.807) is 19.2 Å². The summed E-state index contributed by atoms with van der Waals surface area (Å²) in [5.41, 5.74) is 0.922. The number of aromatic nitrogens is 1. The second kappa shape index (κ2) is 3.64. The largest absolute Gasteiger partial charge is 0.465 e. The van der Waals surface area contributed by atoms with E-state index in [0.717, 1.165) is 10.9 Å². The summed E-state index contributed by atoms with van der Waals surface area (Å²) in [6.45, 7) is 1.58. The average molecular weight is 189 g/mol. The Morgan fingerprint density at radius 3 is 3.00 bits per heavy atom. The first-order valence-electron chi connectivity index (χ1n) is 4.45. The van der Waals surface area contributed by atoms with Crippen molar-refractivity contribution in [3.05, 3.63) is 36.5 Å². The Bertz CT molecular complexity index is 440. The number of aliphatic hydroxyl groups excluding tert-OH is 1. The minimum atomic E-state index is -0.788. The minimum absolute atomic E-state index is 0.653. The highest BCUT2D eigenvalue weighted by Gasteiger charge is 2.00. The maximum Gasteiger partial charge on any atom is 0.194 e. The molecule has 1 N–H and O–H groups in total. The molecule has 1 unspecified atom stereocenters. The molecule has 1 aromatic carbocycles. The van der Waals surface area contributed by atoms with Crippen LogP contribution in [0.15, 0.2) is 36.5 Å². The van der Waals surface area contributed by atoms with E-state index in [1.165, 1.54) is 0 Å².